The molecular weight excluding hydrogens is 272 g/mol. The van der Waals surface area contributed by atoms with Crippen LogP contribution in [0.2, 0.25) is 0 Å². The van der Waals surface area contributed by atoms with E-state index in [1.54, 1.807) is 31.7 Å². The van der Waals surface area contributed by atoms with Crippen LogP contribution in [0.5, 0.6) is 0 Å². The summed E-state index contributed by atoms with van der Waals surface area (Å²) >= 11 is 0. The lowest BCUT2D eigenvalue weighted by atomic mass is 10.1. The molecule has 0 N–H and O–H groups in total. The van der Waals surface area contributed by atoms with Crippen LogP contribution in [-0.2, 0) is 0 Å². The highest BCUT2D eigenvalue weighted by molar-refractivity contribution is 6.08. The van der Waals surface area contributed by atoms with Crippen LogP contribution in [-0.4, -0.2) is 29.1 Å². The Bertz CT molecular complexity index is 725. The van der Waals surface area contributed by atoms with E-state index < -0.39 is 0 Å². The maximum Gasteiger partial charge on any atom is 0.159 e. The molecule has 110 valence electrons. The molecule has 1 aromatic heterocycles. The minimum absolute atomic E-state index is 0.546. The first-order valence-electron chi connectivity index (χ1n) is 6.85. The molecule has 0 aliphatic rings. The lowest BCUT2D eigenvalue weighted by Crippen LogP contribution is -2.00. The first kappa shape index (κ1) is 15.5. The third kappa shape index (κ3) is 3.82. The van der Waals surface area contributed by atoms with Crippen molar-refractivity contribution in [2.45, 2.75) is 6.92 Å². The SMILES string of the molecule is C=C(C=NC(=NC)c1ccc(C)cc1)C(=C)c1ncccn1. The van der Waals surface area contributed by atoms with Gasteiger partial charge in [-0.1, -0.05) is 43.0 Å². The minimum atomic E-state index is 0.546. The molecule has 0 fully saturated rings. The number of rotatable bonds is 4. The highest BCUT2D eigenvalue weighted by Gasteiger charge is 2.05. The summed E-state index contributed by atoms with van der Waals surface area (Å²) in [6.07, 6.45) is 4.98. The van der Waals surface area contributed by atoms with E-state index in [0.29, 0.717) is 22.8 Å². The Labute approximate surface area is 130 Å². The fourth-order valence-electron chi connectivity index (χ4n) is 1.78. The van der Waals surface area contributed by atoms with Crippen LogP contribution in [0.3, 0.4) is 0 Å². The molecular formula is C18H18N4. The predicted octanol–water partition coefficient (Wildman–Crippen LogP) is 3.50. The first-order valence-corrected chi connectivity index (χ1v) is 6.85. The average Bonchev–Trinajstić information content (AvgIpc) is 2.56. The molecule has 0 aliphatic carbocycles. The van der Waals surface area contributed by atoms with E-state index in [1.807, 2.05) is 31.2 Å². The van der Waals surface area contributed by atoms with Crippen molar-refractivity contribution >= 4 is 17.6 Å². The Balaban J connectivity index is 2.14. The zero-order valence-corrected chi connectivity index (χ0v) is 12.8. The highest BCUT2D eigenvalue weighted by Crippen LogP contribution is 2.14. The molecule has 0 saturated heterocycles. The van der Waals surface area contributed by atoms with E-state index >= 15 is 0 Å². The first-order chi connectivity index (χ1) is 10.6. The summed E-state index contributed by atoms with van der Waals surface area (Å²) in [6, 6.07) is 9.80. The average molecular weight is 290 g/mol. The number of aromatic nitrogens is 2. The van der Waals surface area contributed by atoms with Crippen molar-refractivity contribution in [2.75, 3.05) is 7.05 Å². The van der Waals surface area contributed by atoms with E-state index in [1.165, 1.54) is 5.56 Å². The molecule has 4 heteroatoms. The Hall–Kier alpha value is -2.88. The van der Waals surface area contributed by atoms with Gasteiger partial charge in [-0.25, -0.2) is 15.0 Å². The summed E-state index contributed by atoms with van der Waals surface area (Å²) < 4.78 is 0. The molecule has 0 atom stereocenters. The van der Waals surface area contributed by atoms with Gasteiger partial charge in [0.2, 0.25) is 0 Å². The monoisotopic (exact) mass is 290 g/mol. The van der Waals surface area contributed by atoms with Crippen molar-refractivity contribution in [1.29, 1.82) is 0 Å². The van der Waals surface area contributed by atoms with Gasteiger partial charge in [0.25, 0.3) is 0 Å². The number of aliphatic imine (C=N–C) groups is 2. The summed E-state index contributed by atoms with van der Waals surface area (Å²) in [6.45, 7) is 9.96. The number of hydrogen-bond donors (Lipinski definition) is 0. The summed E-state index contributed by atoms with van der Waals surface area (Å²) in [5.74, 6) is 1.19. The Morgan fingerprint density at radius 1 is 1.09 bits per heavy atom. The van der Waals surface area contributed by atoms with Crippen molar-refractivity contribution in [3.63, 3.8) is 0 Å². The second-order valence-electron chi connectivity index (χ2n) is 4.75. The van der Waals surface area contributed by atoms with E-state index in [9.17, 15) is 0 Å². The Morgan fingerprint density at radius 2 is 1.73 bits per heavy atom. The normalized spacial score (nSPS) is 11.6. The molecule has 0 spiro atoms. The lowest BCUT2D eigenvalue weighted by Gasteiger charge is -2.04. The standard InChI is InChI=1S/C18H18N4/c1-13-6-8-16(9-7-13)18(19-4)22-12-14(2)15(3)17-20-10-5-11-21-17/h5-12H,2-3H2,1,4H3. The van der Waals surface area contributed by atoms with E-state index in [2.05, 4.69) is 33.1 Å². The van der Waals surface area contributed by atoms with Gasteiger partial charge in [0, 0.05) is 36.8 Å². The smallest absolute Gasteiger partial charge is 0.159 e. The molecule has 0 unspecified atom stereocenters. The number of aryl methyl sites for hydroxylation is 1. The van der Waals surface area contributed by atoms with Crippen LogP contribution in [0.25, 0.3) is 5.57 Å². The van der Waals surface area contributed by atoms with Crippen LogP contribution in [0.1, 0.15) is 17.0 Å². The maximum atomic E-state index is 4.40. The quantitative estimate of drug-likeness (QED) is 0.491. The van der Waals surface area contributed by atoms with Crippen LogP contribution in [0.4, 0.5) is 0 Å². The van der Waals surface area contributed by atoms with Gasteiger partial charge >= 0.3 is 0 Å². The predicted molar refractivity (Wildman–Crippen MR) is 92.3 cm³/mol. The van der Waals surface area contributed by atoms with Gasteiger partial charge in [0.1, 0.15) is 0 Å². The van der Waals surface area contributed by atoms with Crippen LogP contribution >= 0.6 is 0 Å². The number of nitrogens with zero attached hydrogens (tertiary/aromatic N) is 4. The fourth-order valence-corrected chi connectivity index (χ4v) is 1.78. The van der Waals surface area contributed by atoms with Gasteiger partial charge in [0.05, 0.1) is 0 Å². The molecule has 1 aromatic carbocycles. The van der Waals surface area contributed by atoms with E-state index in [-0.39, 0.29) is 0 Å². The van der Waals surface area contributed by atoms with E-state index in [4.69, 9.17) is 0 Å². The van der Waals surface area contributed by atoms with Crippen molar-refractivity contribution in [3.8, 4) is 0 Å². The van der Waals surface area contributed by atoms with Gasteiger partial charge in [-0.2, -0.15) is 0 Å². The third-order valence-electron chi connectivity index (χ3n) is 3.09. The second-order valence-corrected chi connectivity index (χ2v) is 4.75. The Morgan fingerprint density at radius 3 is 2.32 bits per heavy atom. The third-order valence-corrected chi connectivity index (χ3v) is 3.09. The lowest BCUT2D eigenvalue weighted by molar-refractivity contribution is 1.12. The number of allylic oxidation sites excluding steroid dienone is 2. The summed E-state index contributed by atoms with van der Waals surface area (Å²) in [5.41, 5.74) is 3.45. The van der Waals surface area contributed by atoms with Gasteiger partial charge in [0.15, 0.2) is 11.7 Å². The Kier molecular flexibility index (Phi) is 5.09. The topological polar surface area (TPSA) is 50.5 Å². The zero-order valence-electron chi connectivity index (χ0n) is 12.8. The molecule has 0 aliphatic heterocycles. The second kappa shape index (κ2) is 7.22. The molecule has 0 saturated carbocycles. The molecule has 0 radical (unpaired) electrons. The highest BCUT2D eigenvalue weighted by atomic mass is 14.9. The van der Waals surface area contributed by atoms with Crippen LogP contribution < -0.4 is 0 Å². The van der Waals surface area contributed by atoms with Gasteiger partial charge in [-0.3, -0.25) is 4.99 Å². The van der Waals surface area contributed by atoms with Crippen molar-refractivity contribution in [3.05, 3.63) is 78.4 Å². The summed E-state index contributed by atoms with van der Waals surface area (Å²) in [7, 11) is 1.71. The number of hydrogen-bond acceptors (Lipinski definition) is 3. The molecule has 2 rings (SSSR count). The molecule has 4 nitrogen and oxygen atoms in total. The molecule has 0 bridgehead atoms. The summed E-state index contributed by atoms with van der Waals surface area (Å²) in [5, 5.41) is 0. The van der Waals surface area contributed by atoms with Crippen molar-refractivity contribution in [1.82, 2.24) is 9.97 Å². The molecule has 22 heavy (non-hydrogen) atoms. The van der Waals surface area contributed by atoms with Crippen molar-refractivity contribution in [2.24, 2.45) is 9.98 Å². The van der Waals surface area contributed by atoms with Gasteiger partial charge in [-0.15, -0.1) is 0 Å². The molecule has 1 heterocycles. The minimum Gasteiger partial charge on any atom is -0.270 e. The maximum absolute atomic E-state index is 4.40. The molecule has 0 amide bonds. The van der Waals surface area contributed by atoms with Crippen molar-refractivity contribution < 1.29 is 0 Å². The largest absolute Gasteiger partial charge is 0.270 e. The fraction of sp³-hybridized carbons (Fsp3) is 0.111. The zero-order chi connectivity index (χ0) is 15.9. The van der Waals surface area contributed by atoms with Gasteiger partial charge < -0.3 is 0 Å². The van der Waals surface area contributed by atoms with Gasteiger partial charge in [-0.05, 0) is 18.6 Å². The van der Waals surface area contributed by atoms with Crippen LogP contribution in [0.15, 0.2) is 71.4 Å². The number of amidine groups is 1. The van der Waals surface area contributed by atoms with Crippen LogP contribution in [0, 0.1) is 6.92 Å². The van der Waals surface area contributed by atoms with E-state index in [0.717, 1.165) is 5.56 Å². The summed E-state index contributed by atoms with van der Waals surface area (Å²) in [4.78, 5) is 16.9. The number of benzene rings is 1. The molecule has 2 aromatic rings.